The topological polar surface area (TPSA) is 70.0 Å². The Hall–Kier alpha value is -4.23. The number of aliphatic hydroxyl groups is 1. The molecule has 164 valence electrons. The number of benzene rings is 5. The zero-order valence-electron chi connectivity index (χ0n) is 18.9. The molecular formula is C31H24N2O. The molecule has 0 fully saturated rings. The van der Waals surface area contributed by atoms with Crippen LogP contribution in [0.2, 0.25) is 0 Å². The molecule has 0 aromatic heterocycles. The average molecular weight is 441 g/mol. The summed E-state index contributed by atoms with van der Waals surface area (Å²) in [4.78, 5) is 0. The highest BCUT2D eigenvalue weighted by atomic mass is 16.3. The van der Waals surface area contributed by atoms with Crippen LogP contribution >= 0.6 is 0 Å². The Bertz CT molecular complexity index is 1530. The molecule has 1 atom stereocenters. The Morgan fingerprint density at radius 3 is 1.82 bits per heavy atom. The molecule has 0 heterocycles. The summed E-state index contributed by atoms with van der Waals surface area (Å²) >= 11 is 0. The molecule has 34 heavy (non-hydrogen) atoms. The van der Waals surface area contributed by atoms with Crippen molar-refractivity contribution in [3.63, 3.8) is 0 Å². The maximum atomic E-state index is 9.72. The summed E-state index contributed by atoms with van der Waals surface area (Å²) in [6.45, 7) is 2.07. The number of hydrogen-bond acceptors (Lipinski definition) is 3. The van der Waals surface area contributed by atoms with E-state index in [1.165, 1.54) is 5.56 Å². The number of nitrogens with two attached hydrogens (primary N) is 1. The normalized spacial score (nSPS) is 11.8. The summed E-state index contributed by atoms with van der Waals surface area (Å²) < 4.78 is 0. The summed E-state index contributed by atoms with van der Waals surface area (Å²) in [6.07, 6.45) is -0.983. The van der Waals surface area contributed by atoms with Crippen LogP contribution in [0.15, 0.2) is 103 Å². The molecule has 3 nitrogen and oxygen atoms in total. The Balaban J connectivity index is 1.67. The fraction of sp³-hybridized carbons (Fsp3) is 0.0645. The van der Waals surface area contributed by atoms with Crippen LogP contribution < -0.4 is 5.73 Å². The van der Waals surface area contributed by atoms with E-state index in [2.05, 4.69) is 67.6 Å². The zero-order valence-corrected chi connectivity index (χ0v) is 18.9. The smallest absolute Gasteiger partial charge is 0.128 e. The SMILES string of the molecule is Cc1ccc(-c2cc(C#N)cc(-c3ccc(-c4ccc(C(N)O)cc4)c4ccccc34)c2)cc1. The van der Waals surface area contributed by atoms with Crippen LogP contribution in [0.25, 0.3) is 44.2 Å². The van der Waals surface area contributed by atoms with Gasteiger partial charge in [-0.2, -0.15) is 5.26 Å². The number of hydrogen-bond donors (Lipinski definition) is 2. The number of aliphatic hydroxyl groups excluding tert-OH is 1. The van der Waals surface area contributed by atoms with Gasteiger partial charge < -0.3 is 10.8 Å². The van der Waals surface area contributed by atoms with E-state index in [0.29, 0.717) is 11.1 Å². The lowest BCUT2D eigenvalue weighted by Crippen LogP contribution is -2.07. The molecular weight excluding hydrogens is 416 g/mol. The van der Waals surface area contributed by atoms with Crippen LogP contribution in [-0.2, 0) is 0 Å². The molecule has 0 radical (unpaired) electrons. The fourth-order valence-corrected chi connectivity index (χ4v) is 4.42. The first-order valence-electron chi connectivity index (χ1n) is 11.2. The number of fused-ring (bicyclic) bond motifs is 1. The van der Waals surface area contributed by atoms with E-state index in [1.807, 2.05) is 48.5 Å². The van der Waals surface area contributed by atoms with Gasteiger partial charge in [-0.25, -0.2) is 0 Å². The van der Waals surface area contributed by atoms with Gasteiger partial charge in [-0.1, -0.05) is 90.5 Å². The summed E-state index contributed by atoms with van der Waals surface area (Å²) in [5.74, 6) is 0. The molecule has 0 aliphatic carbocycles. The first-order chi connectivity index (χ1) is 16.5. The van der Waals surface area contributed by atoms with Gasteiger partial charge in [0.15, 0.2) is 0 Å². The summed E-state index contributed by atoms with van der Waals surface area (Å²) in [7, 11) is 0. The van der Waals surface area contributed by atoms with Crippen molar-refractivity contribution in [3.05, 3.63) is 120 Å². The first-order valence-corrected chi connectivity index (χ1v) is 11.2. The van der Waals surface area contributed by atoms with Gasteiger partial charge in [-0.05, 0) is 74.8 Å². The van der Waals surface area contributed by atoms with Crippen molar-refractivity contribution in [2.75, 3.05) is 0 Å². The van der Waals surface area contributed by atoms with Gasteiger partial charge in [0.05, 0.1) is 11.6 Å². The monoisotopic (exact) mass is 440 g/mol. The van der Waals surface area contributed by atoms with Crippen molar-refractivity contribution in [3.8, 4) is 39.4 Å². The molecule has 0 saturated heterocycles. The molecule has 0 amide bonds. The van der Waals surface area contributed by atoms with Gasteiger partial charge in [-0.3, -0.25) is 0 Å². The van der Waals surface area contributed by atoms with E-state index in [4.69, 9.17) is 5.73 Å². The minimum absolute atomic E-state index is 0.636. The van der Waals surface area contributed by atoms with E-state index < -0.39 is 6.23 Å². The first kappa shape index (κ1) is 21.6. The van der Waals surface area contributed by atoms with Crippen molar-refractivity contribution in [2.45, 2.75) is 13.2 Å². The maximum Gasteiger partial charge on any atom is 0.128 e. The van der Waals surface area contributed by atoms with Gasteiger partial charge in [0.2, 0.25) is 0 Å². The molecule has 0 saturated carbocycles. The Morgan fingerprint density at radius 1 is 0.676 bits per heavy atom. The van der Waals surface area contributed by atoms with Gasteiger partial charge in [0.25, 0.3) is 0 Å². The van der Waals surface area contributed by atoms with Crippen molar-refractivity contribution in [2.24, 2.45) is 5.73 Å². The summed E-state index contributed by atoms with van der Waals surface area (Å²) in [6, 6.07) is 37.0. The molecule has 0 aliphatic rings. The van der Waals surface area contributed by atoms with E-state index in [0.717, 1.165) is 44.2 Å². The molecule has 3 heteroatoms. The quantitative estimate of drug-likeness (QED) is 0.296. The Kier molecular flexibility index (Phi) is 5.69. The minimum atomic E-state index is -0.983. The van der Waals surface area contributed by atoms with Crippen LogP contribution in [0, 0.1) is 18.3 Å². The van der Waals surface area contributed by atoms with Crippen molar-refractivity contribution in [1.82, 2.24) is 0 Å². The number of nitriles is 1. The third-order valence-corrected chi connectivity index (χ3v) is 6.25. The highest BCUT2D eigenvalue weighted by molar-refractivity contribution is 6.05. The lowest BCUT2D eigenvalue weighted by Gasteiger charge is -2.14. The summed E-state index contributed by atoms with van der Waals surface area (Å²) in [5.41, 5.74) is 14.5. The Labute approximate surface area is 199 Å². The highest BCUT2D eigenvalue weighted by Gasteiger charge is 2.12. The second-order valence-electron chi connectivity index (χ2n) is 8.55. The van der Waals surface area contributed by atoms with Gasteiger partial charge in [-0.15, -0.1) is 0 Å². The molecule has 0 spiro atoms. The molecule has 0 aliphatic heterocycles. The number of aryl methyl sites for hydroxylation is 1. The zero-order chi connectivity index (χ0) is 23.7. The lowest BCUT2D eigenvalue weighted by atomic mass is 9.90. The second-order valence-corrected chi connectivity index (χ2v) is 8.55. The third-order valence-electron chi connectivity index (χ3n) is 6.25. The van der Waals surface area contributed by atoms with E-state index >= 15 is 0 Å². The van der Waals surface area contributed by atoms with Crippen LogP contribution in [0.3, 0.4) is 0 Å². The van der Waals surface area contributed by atoms with Crippen LogP contribution in [-0.4, -0.2) is 5.11 Å². The lowest BCUT2D eigenvalue weighted by molar-refractivity contribution is 0.186. The highest BCUT2D eigenvalue weighted by Crippen LogP contribution is 2.37. The van der Waals surface area contributed by atoms with Crippen LogP contribution in [0.4, 0.5) is 0 Å². The molecule has 5 rings (SSSR count). The van der Waals surface area contributed by atoms with E-state index in [-0.39, 0.29) is 0 Å². The largest absolute Gasteiger partial charge is 0.375 e. The third kappa shape index (κ3) is 4.09. The predicted octanol–water partition coefficient (Wildman–Crippen LogP) is 6.97. The average Bonchev–Trinajstić information content (AvgIpc) is 2.88. The molecule has 5 aromatic carbocycles. The van der Waals surface area contributed by atoms with Gasteiger partial charge in [0, 0.05) is 0 Å². The van der Waals surface area contributed by atoms with Crippen LogP contribution in [0.5, 0.6) is 0 Å². The molecule has 5 aromatic rings. The molecule has 3 N–H and O–H groups in total. The second kappa shape index (κ2) is 8.96. The number of rotatable bonds is 4. The van der Waals surface area contributed by atoms with Crippen molar-refractivity contribution < 1.29 is 5.11 Å². The Morgan fingerprint density at radius 2 is 1.24 bits per heavy atom. The van der Waals surface area contributed by atoms with Gasteiger partial charge in [0.1, 0.15) is 6.23 Å². The van der Waals surface area contributed by atoms with Crippen molar-refractivity contribution >= 4 is 10.8 Å². The van der Waals surface area contributed by atoms with Crippen molar-refractivity contribution in [1.29, 1.82) is 5.26 Å². The van der Waals surface area contributed by atoms with Gasteiger partial charge >= 0.3 is 0 Å². The van der Waals surface area contributed by atoms with Crippen LogP contribution in [0.1, 0.15) is 22.9 Å². The fourth-order valence-electron chi connectivity index (χ4n) is 4.42. The molecule has 0 bridgehead atoms. The van der Waals surface area contributed by atoms with E-state index in [1.54, 1.807) is 0 Å². The summed E-state index contributed by atoms with van der Waals surface area (Å²) in [5, 5.41) is 21.6. The predicted molar refractivity (Wildman–Crippen MR) is 139 cm³/mol. The number of nitrogens with zero attached hydrogens (tertiary/aromatic N) is 1. The minimum Gasteiger partial charge on any atom is -0.375 e. The van der Waals surface area contributed by atoms with E-state index in [9.17, 15) is 10.4 Å². The molecule has 1 unspecified atom stereocenters. The maximum absolute atomic E-state index is 9.72. The standard InChI is InChI=1S/C31H24N2O/c1-20-6-8-22(9-7-20)25-16-21(19-32)17-26(18-25)28-15-14-27(29-4-2-3-5-30(28)29)23-10-12-24(13-11-23)31(33)34/h2-18,31,34H,33H2,1H3.